The third-order valence-corrected chi connectivity index (χ3v) is 6.23. The van der Waals surface area contributed by atoms with Gasteiger partial charge < -0.3 is 11.1 Å². The van der Waals surface area contributed by atoms with Gasteiger partial charge in [0.2, 0.25) is 16.0 Å². The third-order valence-electron chi connectivity index (χ3n) is 4.32. The Kier molecular flexibility index (Phi) is 5.19. The molecule has 8 nitrogen and oxygen atoms in total. The maximum Gasteiger partial charge on any atom is 0.254 e. The highest BCUT2D eigenvalue weighted by molar-refractivity contribution is 7.89. The molecule has 1 aliphatic heterocycles. The number of nitrogens with one attached hydrogen (secondary N) is 1. The van der Waals surface area contributed by atoms with Gasteiger partial charge in [0.15, 0.2) is 0 Å². The van der Waals surface area contributed by atoms with Crippen molar-refractivity contribution in [3.05, 3.63) is 47.3 Å². The number of aryl methyl sites for hydroxylation is 1. The summed E-state index contributed by atoms with van der Waals surface area (Å²) in [6, 6.07) is 6.56. The Bertz CT molecular complexity index is 906. The van der Waals surface area contributed by atoms with Crippen LogP contribution in [0.3, 0.4) is 0 Å². The van der Waals surface area contributed by atoms with Crippen molar-refractivity contribution in [2.24, 2.45) is 0 Å². The normalized spacial score (nSPS) is 15.1. The van der Waals surface area contributed by atoms with Gasteiger partial charge in [0, 0.05) is 25.8 Å². The van der Waals surface area contributed by atoms with E-state index in [4.69, 9.17) is 5.73 Å². The molecule has 0 spiro atoms. The topological polar surface area (TPSA) is 118 Å². The highest BCUT2D eigenvalue weighted by Gasteiger charge is 2.26. The van der Waals surface area contributed by atoms with Crippen LogP contribution in [-0.2, 0) is 16.6 Å². The average Bonchev–Trinajstić information content (AvgIpc) is 3.15. The van der Waals surface area contributed by atoms with E-state index in [9.17, 15) is 13.2 Å². The molecule has 1 amide bonds. The molecule has 3 rings (SSSR count). The second kappa shape index (κ2) is 7.38. The molecule has 1 aliphatic rings. The number of carbonyl (C=O) groups is 1. The standard InChI is InChI=1S/C17H21N5O3S/c1-12-15(11-20-17(18)21-12)16(23)19-10-13-4-6-14(7-5-13)26(24,25)22-8-2-3-9-22/h4-7,11H,2-3,8-10H2,1H3,(H,19,23)(H2,18,20,21). The molecule has 0 radical (unpaired) electrons. The first-order valence-electron chi connectivity index (χ1n) is 8.34. The summed E-state index contributed by atoms with van der Waals surface area (Å²) in [6.45, 7) is 3.10. The predicted molar refractivity (Wildman–Crippen MR) is 96.8 cm³/mol. The fourth-order valence-corrected chi connectivity index (χ4v) is 4.36. The molecule has 0 bridgehead atoms. The van der Waals surface area contributed by atoms with Gasteiger partial charge in [-0.1, -0.05) is 12.1 Å². The second-order valence-electron chi connectivity index (χ2n) is 6.17. The van der Waals surface area contributed by atoms with Gasteiger partial charge in [-0.15, -0.1) is 0 Å². The van der Waals surface area contributed by atoms with Crippen molar-refractivity contribution in [1.29, 1.82) is 0 Å². The largest absolute Gasteiger partial charge is 0.368 e. The highest BCUT2D eigenvalue weighted by Crippen LogP contribution is 2.21. The molecule has 0 unspecified atom stereocenters. The molecule has 0 saturated carbocycles. The molecule has 1 aromatic heterocycles. The lowest BCUT2D eigenvalue weighted by Gasteiger charge is -2.15. The molecule has 0 atom stereocenters. The van der Waals surface area contributed by atoms with Gasteiger partial charge in [0.1, 0.15) is 0 Å². The molecular formula is C17H21N5O3S. The average molecular weight is 375 g/mol. The summed E-state index contributed by atoms with van der Waals surface area (Å²) in [6.07, 6.45) is 3.19. The van der Waals surface area contributed by atoms with E-state index in [2.05, 4.69) is 15.3 Å². The first kappa shape index (κ1) is 18.3. The predicted octanol–water partition coefficient (Wildman–Crippen LogP) is 1.08. The van der Waals surface area contributed by atoms with Gasteiger partial charge >= 0.3 is 0 Å². The molecule has 138 valence electrons. The van der Waals surface area contributed by atoms with E-state index in [1.54, 1.807) is 31.2 Å². The minimum atomic E-state index is -3.42. The zero-order chi connectivity index (χ0) is 18.7. The SMILES string of the molecule is Cc1nc(N)ncc1C(=O)NCc1ccc(S(=O)(=O)N2CCCC2)cc1. The molecule has 26 heavy (non-hydrogen) atoms. The maximum atomic E-state index is 12.5. The minimum absolute atomic E-state index is 0.119. The number of nitrogen functional groups attached to an aromatic ring is 1. The molecule has 2 heterocycles. The number of nitrogens with two attached hydrogens (primary N) is 1. The van der Waals surface area contributed by atoms with Crippen LogP contribution in [0, 0.1) is 6.92 Å². The number of nitrogens with zero attached hydrogens (tertiary/aromatic N) is 3. The Morgan fingerprint density at radius 2 is 1.88 bits per heavy atom. The van der Waals surface area contributed by atoms with Crippen LogP contribution in [0.1, 0.15) is 34.5 Å². The number of aromatic nitrogens is 2. The Hall–Kier alpha value is -2.52. The number of carbonyl (C=O) groups excluding carboxylic acids is 1. The summed E-state index contributed by atoms with van der Waals surface area (Å²) >= 11 is 0. The van der Waals surface area contributed by atoms with Crippen molar-refractivity contribution in [2.45, 2.75) is 31.2 Å². The van der Waals surface area contributed by atoms with E-state index in [0.717, 1.165) is 18.4 Å². The number of benzene rings is 1. The number of amides is 1. The number of sulfonamides is 1. The Labute approximate surface area is 152 Å². The first-order chi connectivity index (χ1) is 12.4. The molecule has 0 aliphatic carbocycles. The molecule has 9 heteroatoms. The van der Waals surface area contributed by atoms with E-state index >= 15 is 0 Å². The van der Waals surface area contributed by atoms with Crippen molar-refractivity contribution in [1.82, 2.24) is 19.6 Å². The van der Waals surface area contributed by atoms with E-state index in [1.807, 2.05) is 0 Å². The van der Waals surface area contributed by atoms with Crippen LogP contribution in [0.15, 0.2) is 35.4 Å². The number of rotatable bonds is 5. The van der Waals surface area contributed by atoms with Crippen molar-refractivity contribution < 1.29 is 13.2 Å². The van der Waals surface area contributed by atoms with Gasteiger partial charge in [-0.2, -0.15) is 4.31 Å². The molecule has 2 aromatic rings. The van der Waals surface area contributed by atoms with Crippen molar-refractivity contribution >= 4 is 21.9 Å². The third kappa shape index (κ3) is 3.83. The second-order valence-corrected chi connectivity index (χ2v) is 8.10. The summed E-state index contributed by atoms with van der Waals surface area (Å²) in [5.41, 5.74) is 7.14. The van der Waals surface area contributed by atoms with Crippen LogP contribution in [0.5, 0.6) is 0 Å². The zero-order valence-electron chi connectivity index (χ0n) is 14.5. The van der Waals surface area contributed by atoms with Crippen LogP contribution >= 0.6 is 0 Å². The molecule has 1 saturated heterocycles. The molecule has 1 fully saturated rings. The summed E-state index contributed by atoms with van der Waals surface area (Å²) in [7, 11) is -3.42. The fourth-order valence-electron chi connectivity index (χ4n) is 2.84. The zero-order valence-corrected chi connectivity index (χ0v) is 15.3. The van der Waals surface area contributed by atoms with Gasteiger partial charge in [0.05, 0.1) is 16.2 Å². The lowest BCUT2D eigenvalue weighted by Crippen LogP contribution is -2.28. The number of hydrogen-bond acceptors (Lipinski definition) is 6. The monoisotopic (exact) mass is 375 g/mol. The maximum absolute atomic E-state index is 12.5. The smallest absolute Gasteiger partial charge is 0.254 e. The van der Waals surface area contributed by atoms with Gasteiger partial charge in [-0.3, -0.25) is 4.79 Å². The Morgan fingerprint density at radius 1 is 1.23 bits per heavy atom. The Balaban J connectivity index is 1.65. The summed E-state index contributed by atoms with van der Waals surface area (Å²) in [5, 5.41) is 2.77. The van der Waals surface area contributed by atoms with Crippen molar-refractivity contribution in [3.8, 4) is 0 Å². The van der Waals surface area contributed by atoms with Crippen LogP contribution in [0.4, 0.5) is 5.95 Å². The Morgan fingerprint density at radius 3 is 2.50 bits per heavy atom. The van der Waals surface area contributed by atoms with E-state index in [0.29, 0.717) is 24.3 Å². The molecule has 3 N–H and O–H groups in total. The summed E-state index contributed by atoms with van der Waals surface area (Å²) in [5.74, 6) is -0.190. The van der Waals surface area contributed by atoms with Crippen LogP contribution in [-0.4, -0.2) is 41.7 Å². The van der Waals surface area contributed by atoms with E-state index in [-0.39, 0.29) is 23.3 Å². The van der Waals surface area contributed by atoms with E-state index < -0.39 is 10.0 Å². The van der Waals surface area contributed by atoms with Crippen LogP contribution in [0.25, 0.3) is 0 Å². The first-order valence-corrected chi connectivity index (χ1v) is 9.78. The quantitative estimate of drug-likeness (QED) is 0.807. The van der Waals surface area contributed by atoms with Crippen LogP contribution in [0.2, 0.25) is 0 Å². The number of anilines is 1. The summed E-state index contributed by atoms with van der Waals surface area (Å²) < 4.78 is 26.5. The van der Waals surface area contributed by atoms with Gasteiger partial charge in [-0.05, 0) is 37.5 Å². The lowest BCUT2D eigenvalue weighted by molar-refractivity contribution is 0.0949. The van der Waals surface area contributed by atoms with Gasteiger partial charge in [-0.25, -0.2) is 18.4 Å². The number of hydrogen-bond donors (Lipinski definition) is 2. The molecule has 1 aromatic carbocycles. The van der Waals surface area contributed by atoms with Crippen molar-refractivity contribution in [3.63, 3.8) is 0 Å². The molecular weight excluding hydrogens is 354 g/mol. The van der Waals surface area contributed by atoms with E-state index in [1.165, 1.54) is 10.5 Å². The van der Waals surface area contributed by atoms with Crippen molar-refractivity contribution in [2.75, 3.05) is 18.8 Å². The lowest BCUT2D eigenvalue weighted by atomic mass is 10.2. The highest BCUT2D eigenvalue weighted by atomic mass is 32.2. The summed E-state index contributed by atoms with van der Waals surface area (Å²) in [4.78, 5) is 20.3. The van der Waals surface area contributed by atoms with Crippen LogP contribution < -0.4 is 11.1 Å². The van der Waals surface area contributed by atoms with Gasteiger partial charge in [0.25, 0.3) is 5.91 Å². The fraction of sp³-hybridized carbons (Fsp3) is 0.353. The minimum Gasteiger partial charge on any atom is -0.368 e.